The minimum absolute atomic E-state index is 0.229. The van der Waals surface area contributed by atoms with Crippen LogP contribution >= 0.6 is 0 Å². The number of carboxylic acids is 1. The summed E-state index contributed by atoms with van der Waals surface area (Å²) in [4.78, 5) is 22.7. The molecule has 0 aliphatic heterocycles. The first-order chi connectivity index (χ1) is 13.0. The molecule has 0 radical (unpaired) electrons. The molecule has 2 aromatic rings. The monoisotopic (exact) mass is 372 g/mol. The van der Waals surface area contributed by atoms with Gasteiger partial charge in [0.25, 0.3) is 0 Å². The van der Waals surface area contributed by atoms with Crippen LogP contribution < -0.4 is 4.74 Å². The Bertz CT molecular complexity index is 786. The van der Waals surface area contributed by atoms with E-state index in [1.807, 2.05) is 0 Å². The second kappa shape index (κ2) is 10.5. The summed E-state index contributed by atoms with van der Waals surface area (Å²) in [5.74, 6) is -1.43. The van der Waals surface area contributed by atoms with Gasteiger partial charge in [-0.15, -0.1) is 0 Å². The van der Waals surface area contributed by atoms with Gasteiger partial charge in [-0.2, -0.15) is 0 Å². The van der Waals surface area contributed by atoms with Crippen LogP contribution in [0, 0.1) is 5.82 Å². The van der Waals surface area contributed by atoms with Crippen molar-refractivity contribution in [3.8, 4) is 16.9 Å². The van der Waals surface area contributed by atoms with Gasteiger partial charge in [0, 0.05) is 12.0 Å². The minimum Gasteiger partial charge on any atom is -0.481 e. The quantitative estimate of drug-likeness (QED) is 0.345. The van der Waals surface area contributed by atoms with Crippen molar-refractivity contribution in [2.75, 3.05) is 0 Å². The van der Waals surface area contributed by atoms with Crippen molar-refractivity contribution in [2.45, 2.75) is 51.9 Å². The number of carbonyl (C=O) groups excluding carboxylic acids is 1. The zero-order valence-corrected chi connectivity index (χ0v) is 15.5. The first-order valence-corrected chi connectivity index (χ1v) is 9.31. The van der Waals surface area contributed by atoms with Crippen LogP contribution in [0.3, 0.4) is 0 Å². The summed E-state index contributed by atoms with van der Waals surface area (Å²) < 4.78 is 19.7. The van der Waals surface area contributed by atoms with E-state index in [0.717, 1.165) is 25.7 Å². The van der Waals surface area contributed by atoms with E-state index in [0.29, 0.717) is 28.9 Å². The number of carboxylic acid groups (broad SMARTS) is 1. The lowest BCUT2D eigenvalue weighted by Crippen LogP contribution is -2.07. The van der Waals surface area contributed by atoms with Crippen molar-refractivity contribution in [1.29, 1.82) is 0 Å². The Labute approximate surface area is 159 Å². The molecule has 4 nitrogen and oxygen atoms in total. The molecule has 0 spiro atoms. The van der Waals surface area contributed by atoms with E-state index in [1.54, 1.807) is 36.4 Å². The molecule has 0 unspecified atom stereocenters. The third-order valence-electron chi connectivity index (χ3n) is 4.25. The third kappa shape index (κ3) is 6.85. The standard InChI is InChI=1S/C22H25FO4/c1-2-3-4-5-6-10-22(26)27-18-9-7-8-17(15-18)19-12-11-16(13-20(19)23)14-21(24)25/h7-9,11-13,15H,2-6,10,14H2,1H3,(H,24,25). The van der Waals surface area contributed by atoms with Gasteiger partial charge < -0.3 is 9.84 Å². The predicted octanol–water partition coefficient (Wildman–Crippen LogP) is 5.39. The van der Waals surface area contributed by atoms with Gasteiger partial charge in [-0.3, -0.25) is 9.59 Å². The SMILES string of the molecule is CCCCCCCC(=O)Oc1cccc(-c2ccc(CC(=O)O)cc2F)c1. The Morgan fingerprint density at radius 2 is 1.81 bits per heavy atom. The summed E-state index contributed by atoms with van der Waals surface area (Å²) in [6.45, 7) is 2.14. The Kier molecular flexibility index (Phi) is 7.99. The molecular formula is C22H25FO4. The second-order valence-electron chi connectivity index (χ2n) is 6.55. The molecule has 2 aromatic carbocycles. The summed E-state index contributed by atoms with van der Waals surface area (Å²) in [6, 6.07) is 11.0. The van der Waals surface area contributed by atoms with Crippen molar-refractivity contribution >= 4 is 11.9 Å². The number of esters is 1. The van der Waals surface area contributed by atoms with E-state index in [1.165, 1.54) is 12.5 Å². The molecule has 0 heterocycles. The molecule has 1 N–H and O–H groups in total. The topological polar surface area (TPSA) is 63.6 Å². The summed E-state index contributed by atoms with van der Waals surface area (Å²) >= 11 is 0. The Hall–Kier alpha value is -2.69. The highest BCUT2D eigenvalue weighted by Crippen LogP contribution is 2.27. The van der Waals surface area contributed by atoms with E-state index in [2.05, 4.69) is 6.92 Å². The molecule has 0 aliphatic rings. The van der Waals surface area contributed by atoms with Gasteiger partial charge in [0.15, 0.2) is 0 Å². The molecule has 5 heteroatoms. The molecule has 0 aliphatic carbocycles. The highest BCUT2D eigenvalue weighted by molar-refractivity contribution is 5.74. The van der Waals surface area contributed by atoms with E-state index in [-0.39, 0.29) is 12.4 Å². The summed E-state index contributed by atoms with van der Waals surface area (Å²) in [6.07, 6.45) is 5.41. The second-order valence-corrected chi connectivity index (χ2v) is 6.55. The van der Waals surface area contributed by atoms with Crippen molar-refractivity contribution in [2.24, 2.45) is 0 Å². The lowest BCUT2D eigenvalue weighted by molar-refractivity contribution is -0.136. The molecule has 0 saturated heterocycles. The van der Waals surface area contributed by atoms with Gasteiger partial charge in [0.2, 0.25) is 0 Å². The van der Waals surface area contributed by atoms with Gasteiger partial charge in [-0.05, 0) is 35.7 Å². The van der Waals surface area contributed by atoms with Crippen molar-refractivity contribution in [3.63, 3.8) is 0 Å². The molecular weight excluding hydrogens is 347 g/mol. The first kappa shape index (κ1) is 20.6. The van der Waals surface area contributed by atoms with Crippen LogP contribution in [0.2, 0.25) is 0 Å². The summed E-state index contributed by atoms with van der Waals surface area (Å²) in [7, 11) is 0. The van der Waals surface area contributed by atoms with Crippen molar-refractivity contribution < 1.29 is 23.8 Å². The molecule has 0 saturated carbocycles. The van der Waals surface area contributed by atoms with Crippen LogP contribution in [0.15, 0.2) is 42.5 Å². The van der Waals surface area contributed by atoms with Gasteiger partial charge in [0.05, 0.1) is 6.42 Å². The molecule has 0 amide bonds. The van der Waals surface area contributed by atoms with Crippen molar-refractivity contribution in [1.82, 2.24) is 0 Å². The van der Waals surface area contributed by atoms with E-state index >= 15 is 0 Å². The van der Waals surface area contributed by atoms with Crippen LogP contribution in [0.5, 0.6) is 5.75 Å². The van der Waals surface area contributed by atoms with E-state index in [9.17, 15) is 14.0 Å². The maximum Gasteiger partial charge on any atom is 0.311 e. The molecule has 27 heavy (non-hydrogen) atoms. The maximum absolute atomic E-state index is 14.3. The van der Waals surface area contributed by atoms with Crippen LogP contribution in [0.1, 0.15) is 51.0 Å². The number of rotatable bonds is 10. The fourth-order valence-corrected chi connectivity index (χ4v) is 2.86. The Morgan fingerprint density at radius 3 is 2.52 bits per heavy atom. The molecule has 0 bridgehead atoms. The zero-order valence-electron chi connectivity index (χ0n) is 15.5. The molecule has 0 fully saturated rings. The van der Waals surface area contributed by atoms with Gasteiger partial charge in [0.1, 0.15) is 11.6 Å². The average Bonchev–Trinajstić information content (AvgIpc) is 2.61. The van der Waals surface area contributed by atoms with Gasteiger partial charge >= 0.3 is 11.9 Å². The summed E-state index contributed by atoms with van der Waals surface area (Å²) in [5.41, 5.74) is 1.30. The molecule has 2 rings (SSSR count). The smallest absolute Gasteiger partial charge is 0.311 e. The number of aliphatic carboxylic acids is 1. The van der Waals surface area contributed by atoms with Gasteiger partial charge in [-0.1, -0.05) is 56.9 Å². The number of carbonyl (C=O) groups is 2. The van der Waals surface area contributed by atoms with E-state index in [4.69, 9.17) is 9.84 Å². The maximum atomic E-state index is 14.3. The number of hydrogen-bond acceptors (Lipinski definition) is 3. The normalized spacial score (nSPS) is 10.6. The molecule has 0 atom stereocenters. The predicted molar refractivity (Wildman–Crippen MR) is 102 cm³/mol. The van der Waals surface area contributed by atoms with E-state index < -0.39 is 11.8 Å². The number of halogens is 1. The number of benzene rings is 2. The molecule has 0 aromatic heterocycles. The third-order valence-corrected chi connectivity index (χ3v) is 4.25. The number of unbranched alkanes of at least 4 members (excludes halogenated alkanes) is 4. The zero-order chi connectivity index (χ0) is 19.6. The fraction of sp³-hybridized carbons (Fsp3) is 0.364. The highest BCUT2D eigenvalue weighted by Gasteiger charge is 2.11. The molecule has 144 valence electrons. The van der Waals surface area contributed by atoms with Gasteiger partial charge in [-0.25, -0.2) is 4.39 Å². The summed E-state index contributed by atoms with van der Waals surface area (Å²) in [5, 5.41) is 8.80. The first-order valence-electron chi connectivity index (χ1n) is 9.31. The van der Waals surface area contributed by atoms with Crippen LogP contribution in [0.25, 0.3) is 11.1 Å². The van der Waals surface area contributed by atoms with Crippen LogP contribution in [-0.4, -0.2) is 17.0 Å². The fourth-order valence-electron chi connectivity index (χ4n) is 2.86. The number of hydrogen-bond donors (Lipinski definition) is 1. The average molecular weight is 372 g/mol. The highest BCUT2D eigenvalue weighted by atomic mass is 19.1. The van der Waals surface area contributed by atoms with Crippen LogP contribution in [0.4, 0.5) is 4.39 Å². The van der Waals surface area contributed by atoms with Crippen molar-refractivity contribution in [3.05, 3.63) is 53.8 Å². The van der Waals surface area contributed by atoms with Crippen LogP contribution in [-0.2, 0) is 16.0 Å². The Morgan fingerprint density at radius 1 is 1.04 bits per heavy atom. The largest absolute Gasteiger partial charge is 0.481 e. The lowest BCUT2D eigenvalue weighted by Gasteiger charge is -2.09. The Balaban J connectivity index is 2.00. The lowest BCUT2D eigenvalue weighted by atomic mass is 10.0. The minimum atomic E-state index is -1.01. The number of ether oxygens (including phenoxy) is 1.